The summed E-state index contributed by atoms with van der Waals surface area (Å²) in [4.78, 5) is 4.66. The Bertz CT molecular complexity index is 120. The van der Waals surface area contributed by atoms with Crippen molar-refractivity contribution >= 4 is 5.71 Å². The molecule has 0 saturated heterocycles. The fourth-order valence-corrected chi connectivity index (χ4v) is 1.23. The molecule has 0 aromatic rings. The molecule has 1 aliphatic rings. The Hall–Kier alpha value is -0.530. The van der Waals surface area contributed by atoms with Crippen LogP contribution in [0.5, 0.6) is 0 Å². The van der Waals surface area contributed by atoms with E-state index in [1.807, 2.05) is 0 Å². The van der Waals surface area contributed by atoms with Crippen molar-refractivity contribution < 1.29 is 4.84 Å². The molecule has 1 aliphatic carbocycles. The van der Waals surface area contributed by atoms with Gasteiger partial charge in [-0.25, -0.2) is 0 Å². The van der Waals surface area contributed by atoms with E-state index in [0.717, 1.165) is 18.8 Å². The fourth-order valence-electron chi connectivity index (χ4n) is 1.23. The van der Waals surface area contributed by atoms with Crippen LogP contribution in [-0.4, -0.2) is 12.8 Å². The molecule has 0 heterocycles. The maximum absolute atomic E-state index is 4.66. The summed E-state index contributed by atoms with van der Waals surface area (Å²) in [6.07, 6.45) is 3.55. The van der Waals surface area contributed by atoms with Crippen LogP contribution in [0.1, 0.15) is 26.2 Å². The van der Waals surface area contributed by atoms with Crippen molar-refractivity contribution in [1.29, 1.82) is 0 Å². The van der Waals surface area contributed by atoms with E-state index in [1.54, 1.807) is 7.11 Å². The summed E-state index contributed by atoms with van der Waals surface area (Å²) < 4.78 is 0. The molecule has 0 aliphatic heterocycles. The van der Waals surface area contributed by atoms with Crippen molar-refractivity contribution in [2.24, 2.45) is 11.1 Å². The Morgan fingerprint density at radius 1 is 1.67 bits per heavy atom. The predicted octanol–water partition coefficient (Wildman–Crippen LogP) is 1.81. The second kappa shape index (κ2) is 2.85. The molecule has 1 saturated carbocycles. The quantitative estimate of drug-likeness (QED) is 0.492. The van der Waals surface area contributed by atoms with Gasteiger partial charge in [-0.05, 0) is 25.2 Å². The lowest BCUT2D eigenvalue weighted by Gasteiger charge is -1.93. The normalized spacial score (nSPS) is 31.3. The molecule has 52 valence electrons. The topological polar surface area (TPSA) is 21.6 Å². The van der Waals surface area contributed by atoms with E-state index in [-0.39, 0.29) is 0 Å². The third-order valence-corrected chi connectivity index (χ3v) is 1.73. The van der Waals surface area contributed by atoms with Crippen molar-refractivity contribution in [3.8, 4) is 0 Å². The van der Waals surface area contributed by atoms with Crippen LogP contribution < -0.4 is 0 Å². The first-order chi connectivity index (χ1) is 4.33. The lowest BCUT2D eigenvalue weighted by Crippen LogP contribution is -1.90. The lowest BCUT2D eigenvalue weighted by molar-refractivity contribution is 0.212. The molecule has 0 aromatic carbocycles. The Labute approximate surface area is 55.9 Å². The first-order valence-electron chi connectivity index (χ1n) is 3.42. The fraction of sp³-hybridized carbons (Fsp3) is 0.857. The zero-order valence-electron chi connectivity index (χ0n) is 6.05. The number of hydrogen-bond donors (Lipinski definition) is 0. The molecule has 0 aromatic heterocycles. The highest BCUT2D eigenvalue weighted by Crippen LogP contribution is 2.21. The van der Waals surface area contributed by atoms with E-state index >= 15 is 0 Å². The smallest absolute Gasteiger partial charge is 0.106 e. The minimum Gasteiger partial charge on any atom is -0.399 e. The standard InChI is InChI=1S/C7H13NO/c1-6-3-4-7(5-6)8-9-2/h6H,3-5H2,1-2H3. The van der Waals surface area contributed by atoms with Crippen molar-refractivity contribution in [3.63, 3.8) is 0 Å². The van der Waals surface area contributed by atoms with Gasteiger partial charge in [0, 0.05) is 0 Å². The van der Waals surface area contributed by atoms with Crippen molar-refractivity contribution in [2.45, 2.75) is 26.2 Å². The summed E-state index contributed by atoms with van der Waals surface area (Å²) in [5.74, 6) is 0.818. The monoisotopic (exact) mass is 127 g/mol. The van der Waals surface area contributed by atoms with Gasteiger partial charge in [-0.3, -0.25) is 0 Å². The molecule has 1 unspecified atom stereocenters. The molecule has 0 bridgehead atoms. The zero-order valence-corrected chi connectivity index (χ0v) is 6.05. The number of hydrogen-bond acceptors (Lipinski definition) is 2. The highest BCUT2D eigenvalue weighted by atomic mass is 16.6. The van der Waals surface area contributed by atoms with Crippen LogP contribution in [0.15, 0.2) is 5.16 Å². The summed E-state index contributed by atoms with van der Waals surface area (Å²) in [6, 6.07) is 0. The molecule has 2 heteroatoms. The minimum atomic E-state index is 0.818. The zero-order chi connectivity index (χ0) is 6.69. The maximum atomic E-state index is 4.66. The third-order valence-electron chi connectivity index (χ3n) is 1.73. The first kappa shape index (κ1) is 6.59. The Kier molecular flexibility index (Phi) is 2.09. The Morgan fingerprint density at radius 2 is 2.44 bits per heavy atom. The van der Waals surface area contributed by atoms with Crippen molar-refractivity contribution in [1.82, 2.24) is 0 Å². The molecule has 0 spiro atoms. The highest BCUT2D eigenvalue weighted by molar-refractivity contribution is 5.85. The molecule has 1 rings (SSSR count). The average Bonchev–Trinajstić information content (AvgIpc) is 2.17. The van der Waals surface area contributed by atoms with Crippen molar-refractivity contribution in [2.75, 3.05) is 7.11 Å². The van der Waals surface area contributed by atoms with Gasteiger partial charge in [-0.15, -0.1) is 0 Å². The summed E-state index contributed by atoms with van der Waals surface area (Å²) >= 11 is 0. The third kappa shape index (κ3) is 1.70. The van der Waals surface area contributed by atoms with Gasteiger partial charge in [0.15, 0.2) is 0 Å². The summed E-state index contributed by atoms with van der Waals surface area (Å²) in [5, 5.41) is 3.89. The van der Waals surface area contributed by atoms with E-state index in [4.69, 9.17) is 0 Å². The second-order valence-corrected chi connectivity index (χ2v) is 2.69. The minimum absolute atomic E-state index is 0.818. The van der Waals surface area contributed by atoms with Crippen molar-refractivity contribution in [3.05, 3.63) is 0 Å². The van der Waals surface area contributed by atoms with E-state index < -0.39 is 0 Å². The van der Waals surface area contributed by atoms with Crippen LogP contribution in [0.2, 0.25) is 0 Å². The van der Waals surface area contributed by atoms with Gasteiger partial charge in [-0.2, -0.15) is 0 Å². The van der Waals surface area contributed by atoms with Gasteiger partial charge in [0.25, 0.3) is 0 Å². The van der Waals surface area contributed by atoms with Crippen LogP contribution in [0.25, 0.3) is 0 Å². The highest BCUT2D eigenvalue weighted by Gasteiger charge is 2.16. The van der Waals surface area contributed by atoms with E-state index in [0.29, 0.717) is 0 Å². The molecule has 0 N–H and O–H groups in total. The molecular weight excluding hydrogens is 114 g/mol. The maximum Gasteiger partial charge on any atom is 0.106 e. The van der Waals surface area contributed by atoms with Gasteiger partial charge < -0.3 is 4.84 Å². The molecular formula is C7H13NO. The molecule has 0 amide bonds. The van der Waals surface area contributed by atoms with Crippen LogP contribution in [0.4, 0.5) is 0 Å². The first-order valence-corrected chi connectivity index (χ1v) is 3.42. The molecule has 1 atom stereocenters. The van der Waals surface area contributed by atoms with Crippen LogP contribution in [-0.2, 0) is 4.84 Å². The van der Waals surface area contributed by atoms with Crippen LogP contribution >= 0.6 is 0 Å². The largest absolute Gasteiger partial charge is 0.399 e. The van der Waals surface area contributed by atoms with E-state index in [2.05, 4.69) is 16.9 Å². The number of rotatable bonds is 1. The molecule has 1 fully saturated rings. The summed E-state index contributed by atoms with van der Waals surface area (Å²) in [5.41, 5.74) is 1.23. The van der Waals surface area contributed by atoms with Gasteiger partial charge in [0.05, 0.1) is 5.71 Å². The number of nitrogens with zero attached hydrogens (tertiary/aromatic N) is 1. The van der Waals surface area contributed by atoms with Gasteiger partial charge in [0.2, 0.25) is 0 Å². The second-order valence-electron chi connectivity index (χ2n) is 2.69. The average molecular weight is 127 g/mol. The Balaban J connectivity index is 2.38. The van der Waals surface area contributed by atoms with Crippen LogP contribution in [0, 0.1) is 5.92 Å². The number of oxime groups is 1. The lowest BCUT2D eigenvalue weighted by atomic mass is 10.1. The molecule has 2 nitrogen and oxygen atoms in total. The predicted molar refractivity (Wildman–Crippen MR) is 37.5 cm³/mol. The molecule has 9 heavy (non-hydrogen) atoms. The van der Waals surface area contributed by atoms with Gasteiger partial charge in [0.1, 0.15) is 7.11 Å². The van der Waals surface area contributed by atoms with E-state index in [9.17, 15) is 0 Å². The SMILES string of the molecule is CON=C1CCC(C)C1. The summed E-state index contributed by atoms with van der Waals surface area (Å²) in [6.45, 7) is 2.25. The Morgan fingerprint density at radius 3 is 2.89 bits per heavy atom. The summed E-state index contributed by atoms with van der Waals surface area (Å²) in [7, 11) is 1.61. The van der Waals surface area contributed by atoms with Crippen LogP contribution in [0.3, 0.4) is 0 Å². The van der Waals surface area contributed by atoms with E-state index in [1.165, 1.54) is 12.1 Å². The van der Waals surface area contributed by atoms with Gasteiger partial charge in [-0.1, -0.05) is 12.1 Å². The van der Waals surface area contributed by atoms with Gasteiger partial charge >= 0.3 is 0 Å². The molecule has 0 radical (unpaired) electrons.